The summed E-state index contributed by atoms with van der Waals surface area (Å²) in [7, 11) is 0. The molecule has 2 aromatic rings. The molecule has 1 fully saturated rings. The minimum Gasteiger partial charge on any atom is -0.339 e. The van der Waals surface area contributed by atoms with Gasteiger partial charge in [0.1, 0.15) is 15.7 Å². The molecule has 4 rings (SSSR count). The van der Waals surface area contributed by atoms with Crippen LogP contribution in [-0.2, 0) is 17.6 Å². The van der Waals surface area contributed by atoms with E-state index in [-0.39, 0.29) is 11.2 Å². The average molecular weight is 391 g/mol. The molecule has 1 saturated heterocycles. The summed E-state index contributed by atoms with van der Waals surface area (Å²) in [6, 6.07) is 0. The van der Waals surface area contributed by atoms with E-state index >= 15 is 0 Å². The fourth-order valence-corrected chi connectivity index (χ4v) is 6.39. The Morgan fingerprint density at radius 3 is 2.73 bits per heavy atom. The summed E-state index contributed by atoms with van der Waals surface area (Å²) in [5, 5.41) is 2.10. The summed E-state index contributed by atoms with van der Waals surface area (Å²) in [4.78, 5) is 29.3. The number of likely N-dealkylation sites (N-methyl/N-ethyl adjacent to an activating group) is 1. The highest BCUT2D eigenvalue weighted by Crippen LogP contribution is 2.41. The molecule has 5 nitrogen and oxygen atoms in total. The largest absolute Gasteiger partial charge is 0.339 e. The van der Waals surface area contributed by atoms with Gasteiger partial charge in [-0.05, 0) is 45.2 Å². The van der Waals surface area contributed by atoms with Gasteiger partial charge in [0.25, 0.3) is 0 Å². The van der Waals surface area contributed by atoms with E-state index in [0.717, 1.165) is 61.2 Å². The number of amides is 1. The lowest BCUT2D eigenvalue weighted by molar-refractivity contribution is -0.132. The van der Waals surface area contributed by atoms with Crippen LogP contribution in [0.25, 0.3) is 10.2 Å². The van der Waals surface area contributed by atoms with Gasteiger partial charge < -0.3 is 9.80 Å². The molecule has 1 amide bonds. The zero-order chi connectivity index (χ0) is 18.3. The van der Waals surface area contributed by atoms with E-state index in [1.807, 2.05) is 30.1 Å². The molecule has 0 aromatic carbocycles. The lowest BCUT2D eigenvalue weighted by Crippen LogP contribution is -2.50. The summed E-state index contributed by atoms with van der Waals surface area (Å²) in [5.41, 5.74) is 1.43. The van der Waals surface area contributed by atoms with Crippen LogP contribution in [-0.4, -0.2) is 63.6 Å². The Hall–Kier alpha value is -1.18. The molecule has 2 aromatic heterocycles. The number of nitrogens with zero attached hydrogens (tertiary/aromatic N) is 4. The first-order valence-electron chi connectivity index (χ1n) is 9.53. The molecule has 2 aliphatic rings. The molecule has 0 bridgehead atoms. The zero-order valence-electron chi connectivity index (χ0n) is 15.7. The molecule has 0 radical (unpaired) electrons. The number of rotatable bonds is 4. The summed E-state index contributed by atoms with van der Waals surface area (Å²) >= 11 is 3.43. The predicted molar refractivity (Wildman–Crippen MR) is 108 cm³/mol. The van der Waals surface area contributed by atoms with Gasteiger partial charge in [0, 0.05) is 36.4 Å². The quantitative estimate of drug-likeness (QED) is 0.593. The van der Waals surface area contributed by atoms with Crippen LogP contribution in [0.15, 0.2) is 5.03 Å². The van der Waals surface area contributed by atoms with Crippen molar-refractivity contribution in [3.05, 3.63) is 16.3 Å². The van der Waals surface area contributed by atoms with E-state index in [1.54, 1.807) is 11.8 Å². The van der Waals surface area contributed by atoms with Gasteiger partial charge in [-0.25, -0.2) is 9.97 Å². The van der Waals surface area contributed by atoms with Gasteiger partial charge in [0.05, 0.1) is 5.25 Å². The van der Waals surface area contributed by atoms with Gasteiger partial charge in [0.2, 0.25) is 5.91 Å². The Kier molecular flexibility index (Phi) is 5.21. The molecule has 7 heteroatoms. The highest BCUT2D eigenvalue weighted by Gasteiger charge is 2.28. The topological polar surface area (TPSA) is 49.3 Å². The lowest BCUT2D eigenvalue weighted by atomic mass is 10.2. The highest BCUT2D eigenvalue weighted by molar-refractivity contribution is 8.00. The number of aromatic nitrogens is 2. The molecule has 1 atom stereocenters. The van der Waals surface area contributed by atoms with Crippen LogP contribution in [0, 0.1) is 6.92 Å². The van der Waals surface area contributed by atoms with Crippen molar-refractivity contribution in [3.8, 4) is 0 Å². The van der Waals surface area contributed by atoms with Gasteiger partial charge in [-0.15, -0.1) is 11.3 Å². The summed E-state index contributed by atoms with van der Waals surface area (Å²) in [5.74, 6) is 1.04. The van der Waals surface area contributed by atoms with Crippen molar-refractivity contribution in [3.63, 3.8) is 0 Å². The second-order valence-corrected chi connectivity index (χ2v) is 9.55. The molecule has 26 heavy (non-hydrogen) atoms. The molecular formula is C19H26N4OS2. The third-order valence-electron chi connectivity index (χ3n) is 5.41. The van der Waals surface area contributed by atoms with E-state index < -0.39 is 0 Å². The normalized spacial score (nSPS) is 19.1. The smallest absolute Gasteiger partial charge is 0.235 e. The van der Waals surface area contributed by atoms with Crippen molar-refractivity contribution >= 4 is 39.2 Å². The van der Waals surface area contributed by atoms with Crippen molar-refractivity contribution in [2.75, 3.05) is 32.7 Å². The van der Waals surface area contributed by atoms with Crippen LogP contribution < -0.4 is 0 Å². The predicted octanol–water partition coefficient (Wildman–Crippen LogP) is 3.13. The van der Waals surface area contributed by atoms with E-state index in [4.69, 9.17) is 4.98 Å². The Morgan fingerprint density at radius 1 is 1.23 bits per heavy atom. The van der Waals surface area contributed by atoms with E-state index in [2.05, 4.69) is 16.8 Å². The Bertz CT molecular complexity index is 827. The molecule has 3 heterocycles. The number of carbonyl (C=O) groups is 1. The van der Waals surface area contributed by atoms with Crippen LogP contribution in [0.2, 0.25) is 0 Å². The number of carbonyl (C=O) groups excluding carboxylic acids is 1. The molecule has 1 aliphatic carbocycles. The van der Waals surface area contributed by atoms with Crippen molar-refractivity contribution in [1.29, 1.82) is 0 Å². The Balaban J connectivity index is 1.54. The Labute approximate surface area is 163 Å². The van der Waals surface area contributed by atoms with Gasteiger partial charge in [-0.2, -0.15) is 0 Å². The highest BCUT2D eigenvalue weighted by atomic mass is 32.2. The first-order valence-corrected chi connectivity index (χ1v) is 11.2. The number of fused-ring (bicyclic) bond motifs is 3. The first kappa shape index (κ1) is 18.2. The summed E-state index contributed by atoms with van der Waals surface area (Å²) < 4.78 is 0. The molecule has 0 saturated carbocycles. The summed E-state index contributed by atoms with van der Waals surface area (Å²) in [6.07, 6.45) is 3.51. The Morgan fingerprint density at radius 2 is 2.00 bits per heavy atom. The second kappa shape index (κ2) is 7.44. The maximum absolute atomic E-state index is 12.9. The first-order chi connectivity index (χ1) is 12.6. The van der Waals surface area contributed by atoms with Gasteiger partial charge in [-0.3, -0.25) is 4.79 Å². The monoisotopic (exact) mass is 390 g/mol. The lowest BCUT2D eigenvalue weighted by Gasteiger charge is -2.35. The average Bonchev–Trinajstić information content (AvgIpc) is 3.21. The number of hydrogen-bond acceptors (Lipinski definition) is 6. The fraction of sp³-hybridized carbons (Fsp3) is 0.632. The van der Waals surface area contributed by atoms with E-state index in [1.165, 1.54) is 22.2 Å². The zero-order valence-corrected chi connectivity index (χ0v) is 17.4. The van der Waals surface area contributed by atoms with Crippen LogP contribution in [0.1, 0.15) is 36.5 Å². The van der Waals surface area contributed by atoms with Crippen molar-refractivity contribution < 1.29 is 4.79 Å². The van der Waals surface area contributed by atoms with E-state index in [0.29, 0.717) is 0 Å². The van der Waals surface area contributed by atoms with Crippen LogP contribution >= 0.6 is 23.1 Å². The number of thioether (sulfide) groups is 1. The minimum absolute atomic E-state index is 0.113. The molecule has 0 spiro atoms. The van der Waals surface area contributed by atoms with Crippen LogP contribution in [0.3, 0.4) is 0 Å². The third-order valence-corrected chi connectivity index (χ3v) is 7.67. The number of hydrogen-bond donors (Lipinski definition) is 0. The van der Waals surface area contributed by atoms with Gasteiger partial charge in [-0.1, -0.05) is 18.7 Å². The third kappa shape index (κ3) is 3.37. The van der Waals surface area contributed by atoms with E-state index in [9.17, 15) is 4.79 Å². The standard InChI is InChI=1S/C19H26N4OS2/c1-4-22-8-10-23(11-9-22)19(24)12(2)25-17-16-14-6-5-7-15(14)26-18(16)21-13(3)20-17/h12H,4-11H2,1-3H3/t12-/m0/s1. The molecule has 1 aliphatic heterocycles. The fourth-order valence-electron chi connectivity index (χ4n) is 3.91. The second-order valence-electron chi connectivity index (χ2n) is 7.13. The number of aryl methyl sites for hydroxylation is 3. The minimum atomic E-state index is -0.113. The molecule has 140 valence electrons. The molecule has 0 unspecified atom stereocenters. The molecule has 0 N–H and O–H groups in total. The number of thiophene rings is 1. The SMILES string of the molecule is CCN1CCN(C(=O)[C@H](C)Sc2nc(C)nc3sc4c(c23)CCC4)CC1. The maximum Gasteiger partial charge on any atom is 0.235 e. The van der Waals surface area contributed by atoms with Gasteiger partial charge >= 0.3 is 0 Å². The van der Waals surface area contributed by atoms with Gasteiger partial charge in [0.15, 0.2) is 0 Å². The van der Waals surface area contributed by atoms with Crippen LogP contribution in [0.4, 0.5) is 0 Å². The summed E-state index contributed by atoms with van der Waals surface area (Å²) in [6.45, 7) is 10.8. The van der Waals surface area contributed by atoms with Crippen LogP contribution in [0.5, 0.6) is 0 Å². The van der Waals surface area contributed by atoms with Crippen molar-refractivity contribution in [1.82, 2.24) is 19.8 Å². The van der Waals surface area contributed by atoms with Crippen molar-refractivity contribution in [2.45, 2.75) is 50.3 Å². The number of piperazine rings is 1. The van der Waals surface area contributed by atoms with Crippen molar-refractivity contribution in [2.24, 2.45) is 0 Å². The molecular weight excluding hydrogens is 364 g/mol. The maximum atomic E-state index is 12.9.